The van der Waals surface area contributed by atoms with Gasteiger partial charge in [0.05, 0.1) is 6.61 Å². The molecule has 0 saturated heterocycles. The summed E-state index contributed by atoms with van der Waals surface area (Å²) in [7, 11) is 0. The van der Waals surface area contributed by atoms with Gasteiger partial charge in [-0.2, -0.15) is 0 Å². The number of ether oxygens (including phenoxy) is 1. The number of carbonyl (C=O) groups excluding carboxylic acids is 1. The first-order valence-electron chi connectivity index (χ1n) is 4.63. The van der Waals surface area contributed by atoms with Gasteiger partial charge in [-0.15, -0.1) is 0 Å². The van der Waals surface area contributed by atoms with Crippen LogP contribution in [0, 0.1) is 0 Å². The predicted molar refractivity (Wildman–Crippen MR) is 63.9 cm³/mol. The lowest BCUT2D eigenvalue weighted by Gasteiger charge is -2.06. The number of nitrogens with one attached hydrogen (secondary N) is 1. The molecule has 5 nitrogen and oxygen atoms in total. The summed E-state index contributed by atoms with van der Waals surface area (Å²) >= 11 is 7.16. The number of thioether (sulfide) groups is 1. The van der Waals surface area contributed by atoms with Gasteiger partial charge in [-0.25, -0.2) is 9.97 Å². The van der Waals surface area contributed by atoms with Crippen LogP contribution in [-0.4, -0.2) is 35.3 Å². The van der Waals surface area contributed by atoms with E-state index in [0.29, 0.717) is 22.7 Å². The molecule has 0 unspecified atom stereocenters. The van der Waals surface area contributed by atoms with Gasteiger partial charge < -0.3 is 10.1 Å². The number of halogens is 1. The Kier molecular flexibility index (Phi) is 5.34. The van der Waals surface area contributed by atoms with Crippen molar-refractivity contribution in [3.8, 4) is 0 Å². The van der Waals surface area contributed by atoms with Crippen LogP contribution in [0.4, 0.5) is 5.82 Å². The topological polar surface area (TPSA) is 64.1 Å². The van der Waals surface area contributed by atoms with E-state index < -0.39 is 0 Å². The van der Waals surface area contributed by atoms with Crippen molar-refractivity contribution in [3.63, 3.8) is 0 Å². The highest BCUT2D eigenvalue weighted by Gasteiger charge is 2.05. The number of anilines is 1. The van der Waals surface area contributed by atoms with Crippen LogP contribution >= 0.6 is 23.4 Å². The Bertz CT molecular complexity index is 376. The van der Waals surface area contributed by atoms with Crippen LogP contribution in [0.5, 0.6) is 0 Å². The molecule has 0 radical (unpaired) electrons. The predicted octanol–water partition coefficient (Wildman–Crippen LogP) is 1.83. The zero-order valence-corrected chi connectivity index (χ0v) is 10.6. The maximum absolute atomic E-state index is 11.1. The molecule has 7 heteroatoms. The molecule has 1 N–H and O–H groups in total. The third kappa shape index (κ3) is 4.24. The molecule has 88 valence electrons. The summed E-state index contributed by atoms with van der Waals surface area (Å²) in [5.74, 6) is 0.181. The molecular weight excluding hydrogens is 250 g/mol. The first-order chi connectivity index (χ1) is 7.65. The summed E-state index contributed by atoms with van der Waals surface area (Å²) in [6.45, 7) is 2.18. The molecule has 0 saturated carbocycles. The summed E-state index contributed by atoms with van der Waals surface area (Å²) < 4.78 is 4.77. The van der Waals surface area contributed by atoms with Gasteiger partial charge in [0.1, 0.15) is 17.5 Å². The number of nitrogens with zero attached hydrogens (tertiary/aromatic N) is 2. The molecule has 0 aliphatic rings. The molecule has 1 rings (SSSR count). The minimum atomic E-state index is -0.331. The monoisotopic (exact) mass is 261 g/mol. The maximum atomic E-state index is 11.1. The minimum Gasteiger partial charge on any atom is -0.465 e. The molecule has 1 aromatic heterocycles. The first-order valence-corrected chi connectivity index (χ1v) is 6.24. The molecule has 16 heavy (non-hydrogen) atoms. The van der Waals surface area contributed by atoms with Crippen LogP contribution in [0.25, 0.3) is 0 Å². The lowest BCUT2D eigenvalue weighted by atomic mass is 10.5. The van der Waals surface area contributed by atoms with Crippen molar-refractivity contribution in [1.29, 1.82) is 0 Å². The standard InChI is InChI=1S/C9H12ClN3O2S/c1-3-15-8(14)5-11-7-4-6(10)12-9(13-7)16-2/h4H,3,5H2,1-2H3,(H,11,12,13). The van der Waals surface area contributed by atoms with E-state index in [1.807, 2.05) is 6.26 Å². The van der Waals surface area contributed by atoms with Crippen molar-refractivity contribution in [3.05, 3.63) is 11.2 Å². The van der Waals surface area contributed by atoms with Gasteiger partial charge in [0.25, 0.3) is 0 Å². The molecule has 0 aliphatic heterocycles. The average molecular weight is 262 g/mol. The van der Waals surface area contributed by atoms with E-state index in [0.717, 1.165) is 0 Å². The smallest absolute Gasteiger partial charge is 0.325 e. The Morgan fingerprint density at radius 1 is 1.62 bits per heavy atom. The van der Waals surface area contributed by atoms with Gasteiger partial charge in [-0.3, -0.25) is 4.79 Å². The molecule has 0 atom stereocenters. The van der Waals surface area contributed by atoms with Gasteiger partial charge in [0.15, 0.2) is 5.16 Å². The number of hydrogen-bond donors (Lipinski definition) is 1. The number of aromatic nitrogens is 2. The zero-order valence-electron chi connectivity index (χ0n) is 8.99. The van der Waals surface area contributed by atoms with Crippen LogP contribution < -0.4 is 5.32 Å². The van der Waals surface area contributed by atoms with E-state index in [2.05, 4.69) is 15.3 Å². The Morgan fingerprint density at radius 2 is 2.38 bits per heavy atom. The van der Waals surface area contributed by atoms with E-state index in [1.54, 1.807) is 13.0 Å². The second-order valence-corrected chi connectivity index (χ2v) is 3.88. The Morgan fingerprint density at radius 3 is 3.00 bits per heavy atom. The van der Waals surface area contributed by atoms with E-state index in [9.17, 15) is 4.79 Å². The lowest BCUT2D eigenvalue weighted by Crippen LogP contribution is -2.17. The van der Waals surface area contributed by atoms with Crippen LogP contribution in [0.15, 0.2) is 11.2 Å². The molecule has 0 aliphatic carbocycles. The summed E-state index contributed by atoms with van der Waals surface area (Å²) in [6, 6.07) is 1.56. The van der Waals surface area contributed by atoms with E-state index in [1.165, 1.54) is 11.8 Å². The van der Waals surface area contributed by atoms with Gasteiger partial charge in [-0.1, -0.05) is 23.4 Å². The summed E-state index contributed by atoms with van der Waals surface area (Å²) in [4.78, 5) is 19.2. The van der Waals surface area contributed by atoms with Gasteiger partial charge in [0, 0.05) is 6.07 Å². The number of rotatable bonds is 5. The van der Waals surface area contributed by atoms with Gasteiger partial charge in [0.2, 0.25) is 0 Å². The van der Waals surface area contributed by atoms with Crippen molar-refractivity contribution < 1.29 is 9.53 Å². The molecule has 0 spiro atoms. The minimum absolute atomic E-state index is 0.0645. The SMILES string of the molecule is CCOC(=O)CNc1cc(Cl)nc(SC)n1. The highest BCUT2D eigenvalue weighted by molar-refractivity contribution is 7.98. The normalized spacial score (nSPS) is 9.94. The van der Waals surface area contributed by atoms with Crippen molar-refractivity contribution in [1.82, 2.24) is 9.97 Å². The van der Waals surface area contributed by atoms with E-state index in [4.69, 9.17) is 16.3 Å². The molecule has 0 bridgehead atoms. The molecular formula is C9H12ClN3O2S. The average Bonchev–Trinajstić information content (AvgIpc) is 2.26. The van der Waals surface area contributed by atoms with E-state index >= 15 is 0 Å². The van der Waals surface area contributed by atoms with Crippen LogP contribution in [0.1, 0.15) is 6.92 Å². The number of carbonyl (C=O) groups is 1. The molecule has 0 aromatic carbocycles. The molecule has 1 aromatic rings. The van der Waals surface area contributed by atoms with Crippen molar-refractivity contribution in [2.75, 3.05) is 24.7 Å². The van der Waals surface area contributed by atoms with Crippen molar-refractivity contribution >= 4 is 35.1 Å². The third-order valence-electron chi connectivity index (χ3n) is 1.58. The largest absolute Gasteiger partial charge is 0.465 e. The quantitative estimate of drug-likeness (QED) is 0.378. The highest BCUT2D eigenvalue weighted by Crippen LogP contribution is 2.16. The molecule has 1 heterocycles. The lowest BCUT2D eigenvalue weighted by molar-refractivity contribution is -0.140. The third-order valence-corrected chi connectivity index (χ3v) is 2.32. The maximum Gasteiger partial charge on any atom is 0.325 e. The fourth-order valence-corrected chi connectivity index (χ4v) is 1.57. The Balaban J connectivity index is 2.59. The van der Waals surface area contributed by atoms with Gasteiger partial charge in [-0.05, 0) is 13.2 Å². The van der Waals surface area contributed by atoms with Gasteiger partial charge >= 0.3 is 5.97 Å². The molecule has 0 amide bonds. The fraction of sp³-hybridized carbons (Fsp3) is 0.444. The number of hydrogen-bond acceptors (Lipinski definition) is 6. The van der Waals surface area contributed by atoms with E-state index in [-0.39, 0.29) is 12.5 Å². The zero-order chi connectivity index (χ0) is 12.0. The van der Waals surface area contributed by atoms with Crippen molar-refractivity contribution in [2.24, 2.45) is 0 Å². The number of esters is 1. The summed E-state index contributed by atoms with van der Waals surface area (Å²) in [6.07, 6.45) is 1.85. The Labute approximate surface area is 103 Å². The van der Waals surface area contributed by atoms with Crippen LogP contribution in [0.3, 0.4) is 0 Å². The van der Waals surface area contributed by atoms with Crippen molar-refractivity contribution in [2.45, 2.75) is 12.1 Å². The van der Waals surface area contributed by atoms with Crippen LogP contribution in [0.2, 0.25) is 5.15 Å². The Hall–Kier alpha value is -1.01. The first kappa shape index (κ1) is 13.1. The van der Waals surface area contributed by atoms with Crippen LogP contribution in [-0.2, 0) is 9.53 Å². The second-order valence-electron chi connectivity index (χ2n) is 2.72. The summed E-state index contributed by atoms with van der Waals surface area (Å²) in [5, 5.41) is 3.71. The second kappa shape index (κ2) is 6.55. The highest BCUT2D eigenvalue weighted by atomic mass is 35.5. The molecule has 0 fully saturated rings. The fourth-order valence-electron chi connectivity index (χ4n) is 0.953. The summed E-state index contributed by atoms with van der Waals surface area (Å²) in [5.41, 5.74) is 0.